The molecule has 0 spiro atoms. The SMILES string of the molecule is CCCCc1ccc(N2C(=O)C(Sc3ccc(C)cc3)=C(N(C)C3CCCCC3)C2=O)cc1. The summed E-state index contributed by atoms with van der Waals surface area (Å²) >= 11 is 1.41. The van der Waals surface area contributed by atoms with Gasteiger partial charge in [0.2, 0.25) is 0 Å². The Bertz CT molecular complexity index is 1020. The number of carbonyl (C=O) groups excluding carboxylic acids is 2. The van der Waals surface area contributed by atoms with Crippen LogP contribution in [0.5, 0.6) is 0 Å². The lowest BCUT2D eigenvalue weighted by Gasteiger charge is -2.33. The number of anilines is 1. The maximum absolute atomic E-state index is 13.7. The zero-order chi connectivity index (χ0) is 23.4. The molecule has 0 aromatic heterocycles. The quantitative estimate of drug-likeness (QED) is 0.421. The molecule has 0 saturated heterocycles. The van der Waals surface area contributed by atoms with Crippen molar-refractivity contribution in [2.24, 2.45) is 0 Å². The highest BCUT2D eigenvalue weighted by Crippen LogP contribution is 2.40. The smallest absolute Gasteiger partial charge is 0.283 e. The molecule has 0 N–H and O–H groups in total. The van der Waals surface area contributed by atoms with Gasteiger partial charge in [0.15, 0.2) is 0 Å². The summed E-state index contributed by atoms with van der Waals surface area (Å²) in [7, 11) is 1.99. The summed E-state index contributed by atoms with van der Waals surface area (Å²) in [6.45, 7) is 4.23. The molecule has 1 heterocycles. The molecule has 1 fully saturated rings. The first kappa shape index (κ1) is 23.6. The van der Waals surface area contributed by atoms with Crippen LogP contribution >= 0.6 is 11.8 Å². The molecule has 2 aromatic carbocycles. The molecule has 174 valence electrons. The predicted molar refractivity (Wildman–Crippen MR) is 136 cm³/mol. The van der Waals surface area contributed by atoms with Crippen LogP contribution in [-0.2, 0) is 16.0 Å². The van der Waals surface area contributed by atoms with Gasteiger partial charge in [0, 0.05) is 18.0 Å². The van der Waals surface area contributed by atoms with Gasteiger partial charge in [-0.15, -0.1) is 0 Å². The van der Waals surface area contributed by atoms with Crippen molar-refractivity contribution in [2.75, 3.05) is 11.9 Å². The highest BCUT2D eigenvalue weighted by atomic mass is 32.2. The van der Waals surface area contributed by atoms with E-state index in [1.54, 1.807) is 0 Å². The second-order valence-electron chi connectivity index (χ2n) is 9.21. The predicted octanol–water partition coefficient (Wildman–Crippen LogP) is 6.48. The van der Waals surface area contributed by atoms with Crippen molar-refractivity contribution >= 4 is 29.3 Å². The Kier molecular flexibility index (Phi) is 7.59. The number of hydrogen-bond acceptors (Lipinski definition) is 4. The summed E-state index contributed by atoms with van der Waals surface area (Å²) in [5.74, 6) is -0.423. The van der Waals surface area contributed by atoms with Crippen LogP contribution < -0.4 is 4.90 Å². The number of unbranched alkanes of at least 4 members (excludes halogenated alkanes) is 1. The first-order valence-corrected chi connectivity index (χ1v) is 13.0. The molecule has 2 aromatic rings. The standard InChI is InChI=1S/C28H34N2O2S/c1-4-5-9-21-14-16-23(17-15-21)30-27(31)25(29(3)22-10-7-6-8-11-22)26(28(30)32)33-24-18-12-20(2)13-19-24/h12-19,22H,4-11H2,1-3H3. The number of thioether (sulfide) groups is 1. The minimum absolute atomic E-state index is 0.205. The van der Waals surface area contributed by atoms with Gasteiger partial charge in [-0.25, -0.2) is 4.90 Å². The van der Waals surface area contributed by atoms with E-state index in [0.29, 0.717) is 22.3 Å². The molecular formula is C28H34N2O2S. The van der Waals surface area contributed by atoms with Gasteiger partial charge in [-0.1, -0.05) is 74.2 Å². The van der Waals surface area contributed by atoms with Crippen LogP contribution in [0.3, 0.4) is 0 Å². The number of likely N-dealkylation sites (N-methyl/N-ethyl adjacent to an activating group) is 1. The summed E-state index contributed by atoms with van der Waals surface area (Å²) in [6.07, 6.45) is 9.02. The van der Waals surface area contributed by atoms with Crippen molar-refractivity contribution in [1.29, 1.82) is 0 Å². The van der Waals surface area contributed by atoms with E-state index in [-0.39, 0.29) is 11.8 Å². The highest BCUT2D eigenvalue weighted by Gasteiger charge is 2.43. The Hall–Kier alpha value is -2.53. The third-order valence-corrected chi connectivity index (χ3v) is 7.83. The third kappa shape index (κ3) is 5.19. The van der Waals surface area contributed by atoms with Crippen molar-refractivity contribution in [3.63, 3.8) is 0 Å². The van der Waals surface area contributed by atoms with Crippen molar-refractivity contribution < 1.29 is 9.59 Å². The van der Waals surface area contributed by atoms with Crippen LogP contribution in [0.15, 0.2) is 64.0 Å². The average Bonchev–Trinajstić information content (AvgIpc) is 3.08. The fourth-order valence-electron chi connectivity index (χ4n) is 4.70. The maximum atomic E-state index is 13.7. The summed E-state index contributed by atoms with van der Waals surface area (Å²) in [4.78, 5) is 32.3. The third-order valence-electron chi connectivity index (χ3n) is 6.75. The fraction of sp³-hybridized carbons (Fsp3) is 0.429. The minimum Gasteiger partial charge on any atom is -0.366 e. The van der Waals surface area contributed by atoms with Gasteiger partial charge in [0.25, 0.3) is 11.8 Å². The molecule has 2 amide bonds. The van der Waals surface area contributed by atoms with E-state index in [1.165, 1.54) is 47.1 Å². The highest BCUT2D eigenvalue weighted by molar-refractivity contribution is 8.04. The normalized spacial score (nSPS) is 17.2. The molecule has 1 aliphatic carbocycles. The first-order chi connectivity index (χ1) is 16.0. The Labute approximate surface area is 202 Å². The molecule has 0 unspecified atom stereocenters. The zero-order valence-corrected chi connectivity index (χ0v) is 20.8. The van der Waals surface area contributed by atoms with Crippen molar-refractivity contribution in [1.82, 2.24) is 4.90 Å². The number of imide groups is 1. The van der Waals surface area contributed by atoms with Crippen LogP contribution in [0.2, 0.25) is 0 Å². The summed E-state index contributed by atoms with van der Waals surface area (Å²) in [5.41, 5.74) is 3.61. The molecule has 1 saturated carbocycles. The van der Waals surface area contributed by atoms with Gasteiger partial charge in [0.1, 0.15) is 10.6 Å². The number of carbonyl (C=O) groups is 2. The van der Waals surface area contributed by atoms with Crippen molar-refractivity contribution in [3.05, 3.63) is 70.3 Å². The second kappa shape index (κ2) is 10.6. The van der Waals surface area contributed by atoms with Gasteiger partial charge in [-0.2, -0.15) is 0 Å². The number of benzene rings is 2. The molecule has 33 heavy (non-hydrogen) atoms. The maximum Gasteiger partial charge on any atom is 0.283 e. The molecule has 0 bridgehead atoms. The molecule has 4 rings (SSSR count). The average molecular weight is 463 g/mol. The lowest BCUT2D eigenvalue weighted by molar-refractivity contribution is -0.121. The summed E-state index contributed by atoms with van der Waals surface area (Å²) < 4.78 is 0. The zero-order valence-electron chi connectivity index (χ0n) is 20.0. The Morgan fingerprint density at radius 1 is 0.939 bits per heavy atom. The van der Waals surface area contributed by atoms with Crippen LogP contribution in [0, 0.1) is 6.92 Å². The molecule has 0 atom stereocenters. The first-order valence-electron chi connectivity index (χ1n) is 12.2. The Balaban J connectivity index is 1.66. The van der Waals surface area contributed by atoms with E-state index in [2.05, 4.69) is 11.8 Å². The molecule has 1 aliphatic heterocycles. The second-order valence-corrected chi connectivity index (χ2v) is 10.3. The van der Waals surface area contributed by atoms with E-state index in [4.69, 9.17) is 0 Å². The monoisotopic (exact) mass is 462 g/mol. The largest absolute Gasteiger partial charge is 0.366 e. The van der Waals surface area contributed by atoms with E-state index in [1.807, 2.05) is 62.5 Å². The fourth-order valence-corrected chi connectivity index (χ4v) is 5.72. The van der Waals surface area contributed by atoms with Gasteiger partial charge < -0.3 is 4.90 Å². The minimum atomic E-state index is -0.218. The molecular weight excluding hydrogens is 428 g/mol. The van der Waals surface area contributed by atoms with E-state index < -0.39 is 0 Å². The number of hydrogen-bond donors (Lipinski definition) is 0. The van der Waals surface area contributed by atoms with E-state index >= 15 is 0 Å². The number of nitrogens with zero attached hydrogens (tertiary/aromatic N) is 2. The Morgan fingerprint density at radius 3 is 2.24 bits per heavy atom. The summed E-state index contributed by atoms with van der Waals surface area (Å²) in [6, 6.07) is 16.3. The van der Waals surface area contributed by atoms with Crippen LogP contribution in [0.1, 0.15) is 63.0 Å². The topological polar surface area (TPSA) is 40.6 Å². The summed E-state index contributed by atoms with van der Waals surface area (Å²) in [5, 5.41) is 0. The molecule has 5 heteroatoms. The molecule has 4 nitrogen and oxygen atoms in total. The number of amides is 2. The van der Waals surface area contributed by atoms with Crippen molar-refractivity contribution in [3.8, 4) is 0 Å². The lowest BCUT2D eigenvalue weighted by Crippen LogP contribution is -2.38. The van der Waals surface area contributed by atoms with Gasteiger partial charge in [-0.3, -0.25) is 9.59 Å². The van der Waals surface area contributed by atoms with Crippen LogP contribution in [-0.4, -0.2) is 29.8 Å². The van der Waals surface area contributed by atoms with E-state index in [9.17, 15) is 9.59 Å². The molecule has 2 aliphatic rings. The van der Waals surface area contributed by atoms with Gasteiger partial charge in [0.05, 0.1) is 5.69 Å². The van der Waals surface area contributed by atoms with Crippen molar-refractivity contribution in [2.45, 2.75) is 76.2 Å². The van der Waals surface area contributed by atoms with Crippen LogP contribution in [0.4, 0.5) is 5.69 Å². The van der Waals surface area contributed by atoms with Crippen LogP contribution in [0.25, 0.3) is 0 Å². The van der Waals surface area contributed by atoms with Gasteiger partial charge in [-0.05, 0) is 62.4 Å². The Morgan fingerprint density at radius 2 is 1.61 bits per heavy atom. The van der Waals surface area contributed by atoms with Gasteiger partial charge >= 0.3 is 0 Å². The number of rotatable bonds is 8. The number of aryl methyl sites for hydroxylation is 2. The lowest BCUT2D eigenvalue weighted by atomic mass is 9.94. The van der Waals surface area contributed by atoms with E-state index in [0.717, 1.165) is 37.0 Å². The molecule has 0 radical (unpaired) electrons.